The van der Waals surface area contributed by atoms with Gasteiger partial charge in [-0.25, -0.2) is 4.98 Å². The van der Waals surface area contributed by atoms with Gasteiger partial charge >= 0.3 is 0 Å². The monoisotopic (exact) mass is 435 g/mol. The number of hydrogen-bond donors (Lipinski definition) is 1. The molecule has 5 heteroatoms. The van der Waals surface area contributed by atoms with Crippen LogP contribution in [0.25, 0.3) is 11.0 Å². The third-order valence-corrected chi connectivity index (χ3v) is 5.76. The van der Waals surface area contributed by atoms with E-state index < -0.39 is 0 Å². The van der Waals surface area contributed by atoms with Gasteiger partial charge in [0, 0.05) is 25.4 Å². The summed E-state index contributed by atoms with van der Waals surface area (Å²) in [6, 6.07) is 16.6. The number of carbonyl (C=O) groups excluding carboxylic acids is 1. The maximum atomic E-state index is 11.7. The molecule has 0 aliphatic heterocycles. The number of carbonyl (C=O) groups is 1. The van der Waals surface area contributed by atoms with Gasteiger partial charge in [0.2, 0.25) is 5.91 Å². The van der Waals surface area contributed by atoms with Crippen molar-refractivity contribution >= 4 is 16.9 Å². The van der Waals surface area contributed by atoms with E-state index in [-0.39, 0.29) is 11.8 Å². The van der Waals surface area contributed by atoms with Crippen LogP contribution in [0, 0.1) is 12.8 Å². The number of para-hydroxylation sites is 3. The van der Waals surface area contributed by atoms with E-state index in [1.54, 1.807) is 0 Å². The second-order valence-corrected chi connectivity index (χ2v) is 8.75. The molecule has 2 aromatic carbocycles. The Balaban J connectivity index is 1.47. The van der Waals surface area contributed by atoms with Gasteiger partial charge in [-0.2, -0.15) is 0 Å². The average molecular weight is 436 g/mol. The molecule has 0 saturated heterocycles. The first-order chi connectivity index (χ1) is 15.6. The molecule has 3 rings (SSSR count). The summed E-state index contributed by atoms with van der Waals surface area (Å²) >= 11 is 0. The number of nitrogens with zero attached hydrogens (tertiary/aromatic N) is 2. The van der Waals surface area contributed by atoms with E-state index in [1.807, 2.05) is 32.0 Å². The second kappa shape index (κ2) is 12.3. The van der Waals surface area contributed by atoms with E-state index >= 15 is 0 Å². The van der Waals surface area contributed by atoms with Crippen molar-refractivity contribution in [2.24, 2.45) is 5.92 Å². The molecule has 0 fully saturated rings. The van der Waals surface area contributed by atoms with Gasteiger partial charge in [0.25, 0.3) is 0 Å². The lowest BCUT2D eigenvalue weighted by Crippen LogP contribution is -2.28. The number of rotatable bonds is 13. The van der Waals surface area contributed by atoms with Crippen molar-refractivity contribution in [1.29, 1.82) is 0 Å². The Labute approximate surface area is 192 Å². The topological polar surface area (TPSA) is 56.1 Å². The van der Waals surface area contributed by atoms with Gasteiger partial charge in [-0.15, -0.1) is 0 Å². The maximum absolute atomic E-state index is 11.7. The van der Waals surface area contributed by atoms with Gasteiger partial charge in [0.05, 0.1) is 17.6 Å². The van der Waals surface area contributed by atoms with Crippen molar-refractivity contribution in [3.05, 3.63) is 59.9 Å². The molecule has 1 amide bonds. The highest BCUT2D eigenvalue weighted by atomic mass is 16.5. The molecular formula is C27H37N3O2. The van der Waals surface area contributed by atoms with Crippen molar-refractivity contribution in [2.45, 2.75) is 65.8 Å². The predicted molar refractivity (Wildman–Crippen MR) is 131 cm³/mol. The fraction of sp³-hybridized carbons (Fsp3) is 0.481. The third kappa shape index (κ3) is 6.84. The van der Waals surface area contributed by atoms with Crippen LogP contribution >= 0.6 is 0 Å². The van der Waals surface area contributed by atoms with Crippen LogP contribution in [-0.2, 0) is 17.8 Å². The summed E-state index contributed by atoms with van der Waals surface area (Å²) < 4.78 is 8.33. The molecule has 5 nitrogen and oxygen atoms in total. The van der Waals surface area contributed by atoms with Gasteiger partial charge in [0.15, 0.2) is 0 Å². The molecule has 1 N–H and O–H groups in total. The quantitative estimate of drug-likeness (QED) is 0.351. The Bertz CT molecular complexity index is 993. The number of hydrogen-bond acceptors (Lipinski definition) is 3. The lowest BCUT2D eigenvalue weighted by Gasteiger charge is -2.11. The van der Waals surface area contributed by atoms with Crippen LogP contribution in [-0.4, -0.2) is 28.6 Å². The van der Waals surface area contributed by atoms with Crippen molar-refractivity contribution < 1.29 is 9.53 Å². The number of benzene rings is 2. The zero-order valence-electron chi connectivity index (χ0n) is 19.8. The van der Waals surface area contributed by atoms with Gasteiger partial charge in [-0.3, -0.25) is 4.79 Å². The molecule has 0 atom stereocenters. The number of ether oxygens (including phenoxy) is 1. The molecule has 1 heterocycles. The predicted octanol–water partition coefficient (Wildman–Crippen LogP) is 5.69. The van der Waals surface area contributed by atoms with Crippen molar-refractivity contribution in [3.63, 3.8) is 0 Å². The minimum Gasteiger partial charge on any atom is -0.493 e. The van der Waals surface area contributed by atoms with E-state index in [1.165, 1.54) is 11.1 Å². The molecule has 0 aliphatic carbocycles. The zero-order valence-corrected chi connectivity index (χ0v) is 19.8. The summed E-state index contributed by atoms with van der Waals surface area (Å²) in [7, 11) is 0. The molecule has 1 aromatic heterocycles. The van der Waals surface area contributed by atoms with Crippen molar-refractivity contribution in [2.75, 3.05) is 13.2 Å². The van der Waals surface area contributed by atoms with Crippen LogP contribution in [0.5, 0.6) is 5.75 Å². The van der Waals surface area contributed by atoms with Crippen LogP contribution in [0.1, 0.15) is 57.3 Å². The lowest BCUT2D eigenvalue weighted by molar-refractivity contribution is -0.123. The summed E-state index contributed by atoms with van der Waals surface area (Å²) in [6.07, 6.45) is 6.21. The second-order valence-electron chi connectivity index (χ2n) is 8.75. The molecule has 0 saturated carbocycles. The van der Waals surface area contributed by atoms with Gasteiger partial charge in [-0.1, -0.05) is 50.6 Å². The summed E-state index contributed by atoms with van der Waals surface area (Å²) in [5.74, 6) is 2.33. The molecule has 0 unspecified atom stereocenters. The molecule has 0 spiro atoms. The Morgan fingerprint density at radius 1 is 1.00 bits per heavy atom. The number of aromatic nitrogens is 2. The minimum atomic E-state index is 0.0528. The van der Waals surface area contributed by atoms with Crippen LogP contribution in [0.15, 0.2) is 48.5 Å². The van der Waals surface area contributed by atoms with E-state index in [2.05, 4.69) is 47.1 Å². The van der Waals surface area contributed by atoms with Gasteiger partial charge in [-0.05, 0) is 56.4 Å². The number of aryl methyl sites for hydroxylation is 3. The first kappa shape index (κ1) is 23.8. The van der Waals surface area contributed by atoms with Crippen LogP contribution in [0.2, 0.25) is 0 Å². The Morgan fingerprint density at radius 3 is 2.59 bits per heavy atom. The number of fused-ring (bicyclic) bond motifs is 1. The molecule has 0 bridgehead atoms. The first-order valence-corrected chi connectivity index (χ1v) is 12.0. The number of imidazole rings is 1. The van der Waals surface area contributed by atoms with Crippen molar-refractivity contribution in [1.82, 2.24) is 14.9 Å². The first-order valence-electron chi connectivity index (χ1n) is 12.0. The fourth-order valence-corrected chi connectivity index (χ4v) is 3.84. The Hall–Kier alpha value is -2.82. The summed E-state index contributed by atoms with van der Waals surface area (Å²) in [5.41, 5.74) is 3.47. The summed E-state index contributed by atoms with van der Waals surface area (Å²) in [4.78, 5) is 16.6. The molecule has 0 aliphatic rings. The lowest BCUT2D eigenvalue weighted by atomic mass is 10.1. The Kier molecular flexibility index (Phi) is 9.14. The fourth-order valence-electron chi connectivity index (χ4n) is 3.84. The third-order valence-electron chi connectivity index (χ3n) is 5.76. The van der Waals surface area contributed by atoms with Crippen LogP contribution in [0.4, 0.5) is 0 Å². The zero-order chi connectivity index (χ0) is 22.8. The molecule has 32 heavy (non-hydrogen) atoms. The minimum absolute atomic E-state index is 0.0528. The average Bonchev–Trinajstić information content (AvgIpc) is 3.14. The summed E-state index contributed by atoms with van der Waals surface area (Å²) in [5, 5.41) is 3.00. The van der Waals surface area contributed by atoms with Crippen LogP contribution in [0.3, 0.4) is 0 Å². The smallest absolute Gasteiger partial charge is 0.222 e. The van der Waals surface area contributed by atoms with Crippen LogP contribution < -0.4 is 10.1 Å². The highest BCUT2D eigenvalue weighted by Gasteiger charge is 2.10. The van der Waals surface area contributed by atoms with Gasteiger partial charge < -0.3 is 14.6 Å². The largest absolute Gasteiger partial charge is 0.493 e. The van der Waals surface area contributed by atoms with Crippen molar-refractivity contribution in [3.8, 4) is 5.75 Å². The molecule has 0 radical (unpaired) electrons. The number of amides is 1. The Morgan fingerprint density at radius 2 is 1.78 bits per heavy atom. The standard InChI is InChI=1S/C27H37N3O2/c1-21(2)27(31)28-18-10-4-5-17-26-29-23-14-7-8-15-24(23)30(26)19-11-12-20-32-25-16-9-6-13-22(25)3/h6-9,13-16,21H,4-5,10-12,17-20H2,1-3H3,(H,28,31). The summed E-state index contributed by atoms with van der Waals surface area (Å²) in [6.45, 7) is 8.38. The maximum Gasteiger partial charge on any atom is 0.222 e. The number of nitrogens with one attached hydrogen (secondary N) is 1. The SMILES string of the molecule is Cc1ccccc1OCCCCn1c(CCCCCNC(=O)C(C)C)nc2ccccc21. The highest BCUT2D eigenvalue weighted by molar-refractivity contribution is 5.77. The van der Waals surface area contributed by atoms with E-state index in [4.69, 9.17) is 9.72 Å². The normalized spacial score (nSPS) is 11.2. The van der Waals surface area contributed by atoms with E-state index in [0.717, 1.165) is 75.3 Å². The molecule has 3 aromatic rings. The van der Waals surface area contributed by atoms with E-state index in [9.17, 15) is 4.79 Å². The molecule has 172 valence electrons. The van der Waals surface area contributed by atoms with E-state index in [0.29, 0.717) is 0 Å². The molecular weight excluding hydrogens is 398 g/mol. The number of unbranched alkanes of at least 4 members (excludes halogenated alkanes) is 3. The highest BCUT2D eigenvalue weighted by Crippen LogP contribution is 2.20. The van der Waals surface area contributed by atoms with Gasteiger partial charge in [0.1, 0.15) is 11.6 Å².